The highest BCUT2D eigenvalue weighted by Crippen LogP contribution is 2.26. The molecule has 4 aromatic heterocycles. The second kappa shape index (κ2) is 18.3. The van der Waals surface area contributed by atoms with Crippen LogP contribution in [0.2, 0.25) is 0 Å². The Kier molecular flexibility index (Phi) is 13.3. The fourth-order valence-corrected chi connectivity index (χ4v) is 7.53. The van der Waals surface area contributed by atoms with Crippen molar-refractivity contribution in [1.29, 1.82) is 0 Å². The van der Waals surface area contributed by atoms with Gasteiger partial charge < -0.3 is 60.8 Å². The third-order valence-electron chi connectivity index (χ3n) is 9.96. The number of carboxylic acid groups (broad SMARTS) is 8. The fraction of sp³-hybridized carbons (Fsp3) is 0.300. The Morgan fingerprint density at radius 1 is 0.300 bits per heavy atom. The molecule has 1 aliphatic heterocycles. The first-order chi connectivity index (χ1) is 28.3. The molecule has 0 spiro atoms. The average molecular weight is 833 g/mol. The molecule has 20 heteroatoms. The summed E-state index contributed by atoms with van der Waals surface area (Å²) >= 11 is 0. The molecule has 0 aromatic carbocycles. The number of hydrogen-bond donors (Lipinski definition) is 12. The lowest BCUT2D eigenvalue weighted by Gasteiger charge is -2.05. The van der Waals surface area contributed by atoms with Gasteiger partial charge in [-0.25, -0.2) is 0 Å². The molecule has 5 heterocycles. The molecule has 1 aliphatic rings. The van der Waals surface area contributed by atoms with Crippen LogP contribution in [-0.4, -0.2) is 109 Å². The van der Waals surface area contributed by atoms with Crippen molar-refractivity contribution in [3.05, 3.63) is 88.7 Å². The molecule has 0 atom stereocenters. The summed E-state index contributed by atoms with van der Waals surface area (Å²) in [5.74, 6) is -10.2. The standard InChI is InChI=1S/C40H40N4O16/c45-33(46)5-1-17-21(9-37(53)54)29-14-27-19(3-7-35(49)50)22(10-38(55)56)30(43-27)15-28-20(4-8-36(51)52)24(12-40(59)60)32(44-28)16-31-23(11-39(57)58)18(2-6-34(47)48)26(42-31)13-25(17)41-29/h13-16,41-44H,1-12H2,(H,45,46)(H,47,48)(H,49,50)(H,51,52)(H,53,54)(H,55,56)(H,57,58)(H,59,60). The van der Waals surface area contributed by atoms with E-state index in [2.05, 4.69) is 19.9 Å². The van der Waals surface area contributed by atoms with Gasteiger partial charge in [0, 0.05) is 69.9 Å². The molecule has 5 rings (SSSR count). The predicted molar refractivity (Wildman–Crippen MR) is 205 cm³/mol. The van der Waals surface area contributed by atoms with Crippen LogP contribution in [0.1, 0.15) is 93.0 Å². The Morgan fingerprint density at radius 2 is 0.533 bits per heavy atom. The zero-order valence-corrected chi connectivity index (χ0v) is 31.6. The number of aromatic amines is 4. The first-order valence-corrected chi connectivity index (χ1v) is 18.4. The van der Waals surface area contributed by atoms with Gasteiger partial charge in [0.1, 0.15) is 0 Å². The topological polar surface area (TPSA) is 362 Å². The highest BCUT2D eigenvalue weighted by Gasteiger charge is 2.24. The van der Waals surface area contributed by atoms with E-state index in [9.17, 15) is 79.2 Å². The molecule has 316 valence electrons. The van der Waals surface area contributed by atoms with Crippen molar-refractivity contribution in [2.75, 3.05) is 0 Å². The minimum absolute atomic E-state index is 0.0811. The quantitative estimate of drug-likeness (QED) is 0.0457. The van der Waals surface area contributed by atoms with Crippen LogP contribution in [0.15, 0.2) is 0 Å². The first-order valence-electron chi connectivity index (χ1n) is 18.4. The maximum Gasteiger partial charge on any atom is 0.307 e. The highest BCUT2D eigenvalue weighted by atomic mass is 16.4. The predicted octanol–water partition coefficient (Wildman–Crippen LogP) is -0.795. The van der Waals surface area contributed by atoms with Gasteiger partial charge in [-0.05, 0) is 94.5 Å². The monoisotopic (exact) mass is 832 g/mol. The number of aromatic nitrogens is 4. The summed E-state index contributed by atoms with van der Waals surface area (Å²) in [5.41, 5.74) is 1.73. The summed E-state index contributed by atoms with van der Waals surface area (Å²) in [6.07, 6.45) is 0.247. The minimum atomic E-state index is -1.32. The molecule has 0 radical (unpaired) electrons. The number of carbonyl (C=O) groups is 8. The van der Waals surface area contributed by atoms with Crippen LogP contribution in [-0.2, 0) is 89.7 Å². The number of hydrogen-bond acceptors (Lipinski definition) is 8. The van der Waals surface area contributed by atoms with E-state index < -0.39 is 99.1 Å². The normalized spacial score (nSPS) is 11.7. The molecule has 60 heavy (non-hydrogen) atoms. The lowest BCUT2D eigenvalue weighted by atomic mass is 9.98. The van der Waals surface area contributed by atoms with Crippen LogP contribution in [0, 0.1) is 0 Å². The maximum atomic E-state index is 12.3. The molecule has 12 N–H and O–H groups in total. The second-order valence-corrected chi connectivity index (χ2v) is 14.1. The Balaban J connectivity index is 2.08. The van der Waals surface area contributed by atoms with Gasteiger partial charge in [-0.2, -0.15) is 0 Å². The first kappa shape index (κ1) is 43.5. The minimum Gasteiger partial charge on any atom is -0.481 e. The number of rotatable bonds is 20. The third kappa shape index (κ3) is 10.4. The fourth-order valence-electron chi connectivity index (χ4n) is 7.53. The third-order valence-corrected chi connectivity index (χ3v) is 9.96. The summed E-state index contributed by atoms with van der Waals surface area (Å²) in [6, 6.07) is 0. The Bertz CT molecular complexity index is 2710. The van der Waals surface area contributed by atoms with Crippen LogP contribution in [0.3, 0.4) is 0 Å². The SMILES string of the molecule is O=C(O)CCc1c2[nH]c(c1CC(=O)O)C=c1[nH]c(c(CC(=O)O)c1CCC(=O)O)=Cc1[nH]c(c(CC(=O)O)c1CCC(=O)O)C=c1[nH]c(c(CCC(=O)O)c1CC(=O)O)=C2. The van der Waals surface area contributed by atoms with E-state index in [1.165, 1.54) is 24.3 Å². The van der Waals surface area contributed by atoms with Crippen molar-refractivity contribution in [2.24, 2.45) is 0 Å². The number of fused-ring (bicyclic) bond motifs is 8. The van der Waals surface area contributed by atoms with Crippen molar-refractivity contribution in [1.82, 2.24) is 19.9 Å². The van der Waals surface area contributed by atoms with Crippen LogP contribution in [0.4, 0.5) is 0 Å². The summed E-state index contributed by atoms with van der Waals surface area (Å²) in [4.78, 5) is 109. The van der Waals surface area contributed by atoms with Gasteiger partial charge in [-0.15, -0.1) is 0 Å². The molecule has 0 aliphatic carbocycles. The number of carboxylic acids is 8. The molecule has 0 unspecified atom stereocenters. The number of aliphatic carboxylic acids is 8. The lowest BCUT2D eigenvalue weighted by molar-refractivity contribution is -0.138. The zero-order chi connectivity index (χ0) is 44.0. The highest BCUT2D eigenvalue weighted by molar-refractivity contribution is 5.79. The van der Waals surface area contributed by atoms with Gasteiger partial charge in [0.2, 0.25) is 0 Å². The van der Waals surface area contributed by atoms with E-state index in [4.69, 9.17) is 0 Å². The number of nitrogens with one attached hydrogen (secondary N) is 4. The molecule has 0 amide bonds. The van der Waals surface area contributed by atoms with E-state index >= 15 is 0 Å². The van der Waals surface area contributed by atoms with Gasteiger partial charge in [-0.3, -0.25) is 38.4 Å². The second-order valence-electron chi connectivity index (χ2n) is 14.1. The largest absolute Gasteiger partial charge is 0.481 e. The van der Waals surface area contributed by atoms with E-state index in [1.54, 1.807) is 0 Å². The molecular formula is C40H40N4O16. The van der Waals surface area contributed by atoms with Crippen LogP contribution < -0.4 is 21.4 Å². The molecular weight excluding hydrogens is 792 g/mol. The van der Waals surface area contributed by atoms with Crippen molar-refractivity contribution < 1.29 is 79.2 Å². The van der Waals surface area contributed by atoms with Crippen LogP contribution in [0.5, 0.6) is 0 Å². The lowest BCUT2D eigenvalue weighted by Crippen LogP contribution is -2.15. The van der Waals surface area contributed by atoms with Gasteiger partial charge in [0.15, 0.2) is 0 Å². The van der Waals surface area contributed by atoms with Crippen LogP contribution >= 0.6 is 0 Å². The van der Waals surface area contributed by atoms with Gasteiger partial charge >= 0.3 is 47.8 Å². The maximum absolute atomic E-state index is 12.3. The van der Waals surface area contributed by atoms with Gasteiger partial charge in [0.05, 0.1) is 25.7 Å². The van der Waals surface area contributed by atoms with E-state index in [1.807, 2.05) is 0 Å². The average Bonchev–Trinajstić information content (AvgIpc) is 3.81. The smallest absolute Gasteiger partial charge is 0.307 e. The van der Waals surface area contributed by atoms with E-state index in [0.29, 0.717) is 0 Å². The van der Waals surface area contributed by atoms with Crippen molar-refractivity contribution in [2.45, 2.75) is 77.0 Å². The Hall–Kier alpha value is -7.64. The van der Waals surface area contributed by atoms with Crippen LogP contribution in [0.25, 0.3) is 24.3 Å². The summed E-state index contributed by atoms with van der Waals surface area (Å²) in [5, 5.41) is 79.2. The van der Waals surface area contributed by atoms with E-state index in [0.717, 1.165) is 0 Å². The Morgan fingerprint density at radius 3 is 0.800 bits per heavy atom. The van der Waals surface area contributed by atoms with Gasteiger partial charge in [0.25, 0.3) is 0 Å². The molecule has 0 saturated heterocycles. The molecule has 8 bridgehead atoms. The summed E-state index contributed by atoms with van der Waals surface area (Å²) in [6.45, 7) is 0. The Labute approximate surface area is 336 Å². The van der Waals surface area contributed by atoms with E-state index in [-0.39, 0.29) is 114 Å². The molecule has 0 fully saturated rings. The summed E-state index contributed by atoms with van der Waals surface area (Å²) < 4.78 is 0. The number of H-pyrrole nitrogens is 4. The van der Waals surface area contributed by atoms with Crippen molar-refractivity contribution in [3.8, 4) is 0 Å². The zero-order valence-electron chi connectivity index (χ0n) is 31.6. The summed E-state index contributed by atoms with van der Waals surface area (Å²) in [7, 11) is 0. The molecule has 0 saturated carbocycles. The molecule has 4 aromatic rings. The molecule has 20 nitrogen and oxygen atoms in total. The van der Waals surface area contributed by atoms with Gasteiger partial charge in [-0.1, -0.05) is 0 Å². The van der Waals surface area contributed by atoms with Crippen molar-refractivity contribution >= 4 is 72.1 Å². The van der Waals surface area contributed by atoms with Crippen molar-refractivity contribution in [3.63, 3.8) is 0 Å².